The van der Waals surface area contributed by atoms with Gasteiger partial charge in [0.2, 0.25) is 0 Å². The first-order valence-electron chi connectivity index (χ1n) is 7.85. The maximum Gasteiger partial charge on any atom is 0.169 e. The first-order chi connectivity index (χ1) is 9.49. The zero-order valence-corrected chi connectivity index (χ0v) is 12.9. The summed E-state index contributed by atoms with van der Waals surface area (Å²) in [5, 5.41) is 0. The summed E-state index contributed by atoms with van der Waals surface area (Å²) in [6, 6.07) is 10.5. The van der Waals surface area contributed by atoms with Gasteiger partial charge in [-0.1, -0.05) is 51.1 Å². The van der Waals surface area contributed by atoms with Crippen LogP contribution in [0.15, 0.2) is 30.3 Å². The van der Waals surface area contributed by atoms with Gasteiger partial charge >= 0.3 is 0 Å². The highest BCUT2D eigenvalue weighted by Crippen LogP contribution is 2.47. The molecular weight excluding hydrogens is 248 g/mol. The van der Waals surface area contributed by atoms with Gasteiger partial charge in [-0.15, -0.1) is 0 Å². The van der Waals surface area contributed by atoms with Gasteiger partial charge in [0.25, 0.3) is 0 Å². The highest BCUT2D eigenvalue weighted by Gasteiger charge is 2.46. The summed E-state index contributed by atoms with van der Waals surface area (Å²) in [7, 11) is 0. The van der Waals surface area contributed by atoms with Crippen molar-refractivity contribution in [3.63, 3.8) is 0 Å². The molecule has 0 N–H and O–H groups in total. The van der Waals surface area contributed by atoms with Crippen molar-refractivity contribution >= 4 is 0 Å². The van der Waals surface area contributed by atoms with Crippen LogP contribution < -0.4 is 0 Å². The molecule has 0 aromatic heterocycles. The van der Waals surface area contributed by atoms with Crippen LogP contribution in [0.3, 0.4) is 0 Å². The summed E-state index contributed by atoms with van der Waals surface area (Å²) in [5.41, 5.74) is 1.64. The molecule has 2 nitrogen and oxygen atoms in total. The van der Waals surface area contributed by atoms with Crippen molar-refractivity contribution < 1.29 is 9.47 Å². The second-order valence-corrected chi connectivity index (χ2v) is 7.38. The van der Waals surface area contributed by atoms with Crippen molar-refractivity contribution in [1.82, 2.24) is 0 Å². The van der Waals surface area contributed by atoms with Crippen molar-refractivity contribution in [3.8, 4) is 0 Å². The number of rotatable bonds is 1. The third kappa shape index (κ3) is 2.77. The van der Waals surface area contributed by atoms with Gasteiger partial charge in [-0.05, 0) is 29.7 Å². The average Bonchev–Trinajstić information content (AvgIpc) is 2.83. The molecule has 1 aliphatic heterocycles. The average molecular weight is 274 g/mol. The van der Waals surface area contributed by atoms with E-state index >= 15 is 0 Å². The van der Waals surface area contributed by atoms with Gasteiger partial charge in [-0.25, -0.2) is 0 Å². The van der Waals surface area contributed by atoms with Crippen molar-refractivity contribution in [1.29, 1.82) is 0 Å². The first-order valence-corrected chi connectivity index (χ1v) is 7.85. The lowest BCUT2D eigenvalue weighted by Crippen LogP contribution is -2.38. The molecular formula is C18H26O2. The van der Waals surface area contributed by atoms with E-state index in [1.54, 1.807) is 0 Å². The van der Waals surface area contributed by atoms with E-state index in [-0.39, 0.29) is 11.9 Å². The molecule has 1 aromatic carbocycles. The number of hydrogen-bond donors (Lipinski definition) is 0. The van der Waals surface area contributed by atoms with Gasteiger partial charge in [0.05, 0.1) is 6.61 Å². The van der Waals surface area contributed by atoms with Crippen molar-refractivity contribution in [2.75, 3.05) is 6.61 Å². The Morgan fingerprint density at radius 1 is 1.05 bits per heavy atom. The van der Waals surface area contributed by atoms with E-state index < -0.39 is 0 Å². The predicted molar refractivity (Wildman–Crippen MR) is 80.4 cm³/mol. The summed E-state index contributed by atoms with van der Waals surface area (Å²) in [5.74, 6) is 0.485. The molecule has 1 heterocycles. The van der Waals surface area contributed by atoms with E-state index in [0.717, 1.165) is 18.8 Å². The number of ether oxygens (including phenoxy) is 2. The molecule has 1 spiro atoms. The molecule has 2 aliphatic rings. The highest BCUT2D eigenvalue weighted by molar-refractivity contribution is 5.18. The van der Waals surface area contributed by atoms with Crippen molar-refractivity contribution in [3.05, 3.63) is 35.9 Å². The first kappa shape index (κ1) is 14.1. The summed E-state index contributed by atoms with van der Waals surface area (Å²) in [6.07, 6.45) is 4.62. The van der Waals surface area contributed by atoms with Crippen LogP contribution in [-0.4, -0.2) is 12.4 Å². The van der Waals surface area contributed by atoms with Gasteiger partial charge in [0, 0.05) is 12.8 Å². The van der Waals surface area contributed by atoms with E-state index in [0.29, 0.717) is 12.0 Å². The second-order valence-electron chi connectivity index (χ2n) is 7.38. The van der Waals surface area contributed by atoms with Crippen LogP contribution in [0.1, 0.15) is 58.1 Å². The fraction of sp³-hybridized carbons (Fsp3) is 0.667. The Labute approximate surface area is 122 Å². The van der Waals surface area contributed by atoms with E-state index in [1.807, 2.05) is 6.07 Å². The van der Waals surface area contributed by atoms with Crippen LogP contribution in [0, 0.1) is 11.3 Å². The van der Waals surface area contributed by atoms with Gasteiger partial charge in [-0.3, -0.25) is 0 Å². The largest absolute Gasteiger partial charge is 0.347 e. The van der Waals surface area contributed by atoms with E-state index in [4.69, 9.17) is 9.47 Å². The predicted octanol–water partition coefficient (Wildman–Crippen LogP) is 4.71. The zero-order valence-electron chi connectivity index (χ0n) is 12.9. The maximum atomic E-state index is 6.31. The van der Waals surface area contributed by atoms with Crippen molar-refractivity contribution in [2.24, 2.45) is 11.3 Å². The minimum atomic E-state index is -0.303. The quantitative estimate of drug-likeness (QED) is 0.738. The third-order valence-electron chi connectivity index (χ3n) is 5.00. The number of hydrogen-bond acceptors (Lipinski definition) is 2. The summed E-state index contributed by atoms with van der Waals surface area (Å²) >= 11 is 0. The molecule has 1 aromatic rings. The Hall–Kier alpha value is -0.860. The normalized spacial score (nSPS) is 34.5. The lowest BCUT2D eigenvalue weighted by Gasteiger charge is -2.41. The maximum absolute atomic E-state index is 6.31. The van der Waals surface area contributed by atoms with E-state index in [9.17, 15) is 0 Å². The molecule has 1 aliphatic carbocycles. The van der Waals surface area contributed by atoms with Gasteiger partial charge in [-0.2, -0.15) is 0 Å². The van der Waals surface area contributed by atoms with Crippen LogP contribution in [-0.2, 0) is 9.47 Å². The Bertz CT molecular complexity index is 438. The molecule has 0 bridgehead atoms. The van der Waals surface area contributed by atoms with Crippen LogP contribution in [0.2, 0.25) is 0 Å². The summed E-state index contributed by atoms with van der Waals surface area (Å²) < 4.78 is 12.4. The SMILES string of the molecule is CC(C)(C)C1CCC2(CC1)OCC(c1ccccc1)O2. The van der Waals surface area contributed by atoms with Crippen molar-refractivity contribution in [2.45, 2.75) is 58.3 Å². The Balaban J connectivity index is 1.63. The molecule has 2 heteroatoms. The van der Waals surface area contributed by atoms with E-state index in [2.05, 4.69) is 45.0 Å². The minimum Gasteiger partial charge on any atom is -0.347 e. The molecule has 0 amide bonds. The van der Waals surface area contributed by atoms with Crippen LogP contribution in [0.5, 0.6) is 0 Å². The van der Waals surface area contributed by atoms with Crippen LogP contribution >= 0.6 is 0 Å². The molecule has 1 unspecified atom stereocenters. The third-order valence-corrected chi connectivity index (χ3v) is 5.00. The lowest BCUT2D eigenvalue weighted by molar-refractivity contribution is -0.197. The lowest BCUT2D eigenvalue weighted by atomic mass is 9.71. The molecule has 0 radical (unpaired) electrons. The standard InChI is InChI=1S/C18H26O2/c1-17(2,3)15-9-11-18(12-10-15)19-13-16(20-18)14-7-5-4-6-8-14/h4-8,15-16H,9-13H2,1-3H3. The van der Waals surface area contributed by atoms with Crippen LogP contribution in [0.4, 0.5) is 0 Å². The molecule has 1 saturated heterocycles. The Morgan fingerprint density at radius 3 is 2.30 bits per heavy atom. The minimum absolute atomic E-state index is 0.113. The van der Waals surface area contributed by atoms with Gasteiger partial charge < -0.3 is 9.47 Å². The molecule has 1 saturated carbocycles. The Morgan fingerprint density at radius 2 is 1.70 bits per heavy atom. The summed E-state index contributed by atoms with van der Waals surface area (Å²) in [6.45, 7) is 7.74. The fourth-order valence-electron chi connectivity index (χ4n) is 3.57. The monoisotopic (exact) mass is 274 g/mol. The smallest absolute Gasteiger partial charge is 0.169 e. The highest BCUT2D eigenvalue weighted by atomic mass is 16.7. The second kappa shape index (κ2) is 5.16. The molecule has 20 heavy (non-hydrogen) atoms. The van der Waals surface area contributed by atoms with E-state index in [1.165, 1.54) is 18.4 Å². The molecule has 110 valence electrons. The fourth-order valence-corrected chi connectivity index (χ4v) is 3.57. The van der Waals surface area contributed by atoms with Gasteiger partial charge in [0.15, 0.2) is 5.79 Å². The molecule has 1 atom stereocenters. The van der Waals surface area contributed by atoms with Gasteiger partial charge in [0.1, 0.15) is 6.10 Å². The van der Waals surface area contributed by atoms with Crippen LogP contribution in [0.25, 0.3) is 0 Å². The molecule has 2 fully saturated rings. The zero-order chi connectivity index (χ0) is 14.2. The number of benzene rings is 1. The molecule has 3 rings (SSSR count). The summed E-state index contributed by atoms with van der Waals surface area (Å²) in [4.78, 5) is 0. The Kier molecular flexibility index (Phi) is 3.64. The topological polar surface area (TPSA) is 18.5 Å².